The summed E-state index contributed by atoms with van der Waals surface area (Å²) in [5.41, 5.74) is 0. The number of ether oxygens (including phenoxy) is 1. The Morgan fingerprint density at radius 2 is 2.38 bits per heavy atom. The molecule has 0 fully saturated rings. The normalized spacial score (nSPS) is 10.4. The second-order valence-corrected chi connectivity index (χ2v) is 3.08. The number of carbonyl (C=O) groups is 1. The van der Waals surface area contributed by atoms with Gasteiger partial charge >= 0.3 is 0 Å². The quantitative estimate of drug-likeness (QED) is 0.518. The maximum absolute atomic E-state index is 11.4. The lowest BCUT2D eigenvalue weighted by Gasteiger charge is -2.04. The van der Waals surface area contributed by atoms with E-state index in [1.165, 1.54) is 4.68 Å². The zero-order valence-corrected chi connectivity index (χ0v) is 9.09. The smallest absolute Gasteiger partial charge is 0.227 e. The highest BCUT2D eigenvalue weighted by Gasteiger charge is 2.08. The SMILES string of the molecule is Cn1nnnc1CC(=O)NCCOCCO. The Morgan fingerprint density at radius 3 is 3.00 bits per heavy atom. The van der Waals surface area contributed by atoms with Crippen LogP contribution in [-0.4, -0.2) is 57.6 Å². The summed E-state index contributed by atoms with van der Waals surface area (Å²) in [5, 5.41) is 21.8. The van der Waals surface area contributed by atoms with Crippen molar-refractivity contribution in [3.8, 4) is 0 Å². The van der Waals surface area contributed by atoms with Crippen molar-refractivity contribution in [3.05, 3.63) is 5.82 Å². The lowest BCUT2D eigenvalue weighted by molar-refractivity contribution is -0.120. The highest BCUT2D eigenvalue weighted by Crippen LogP contribution is 1.89. The van der Waals surface area contributed by atoms with Gasteiger partial charge in [0.25, 0.3) is 0 Å². The van der Waals surface area contributed by atoms with Crippen LogP contribution >= 0.6 is 0 Å². The van der Waals surface area contributed by atoms with E-state index in [2.05, 4.69) is 20.8 Å². The Bertz CT molecular complexity index is 327. The summed E-state index contributed by atoms with van der Waals surface area (Å²) in [5.74, 6) is 0.347. The number of aromatic nitrogens is 4. The number of aryl methyl sites for hydroxylation is 1. The maximum Gasteiger partial charge on any atom is 0.227 e. The predicted molar refractivity (Wildman–Crippen MR) is 53.4 cm³/mol. The number of aliphatic hydroxyl groups excluding tert-OH is 1. The van der Waals surface area contributed by atoms with E-state index in [-0.39, 0.29) is 25.5 Å². The standard InChI is InChI=1S/C8H15N5O3/c1-13-7(10-11-12-13)6-8(15)9-2-4-16-5-3-14/h14H,2-6H2,1H3,(H,9,15). The third-order valence-corrected chi connectivity index (χ3v) is 1.83. The molecular formula is C8H15N5O3. The molecular weight excluding hydrogens is 214 g/mol. The summed E-state index contributed by atoms with van der Waals surface area (Å²) in [6.07, 6.45) is 0.142. The summed E-state index contributed by atoms with van der Waals surface area (Å²) in [6, 6.07) is 0. The maximum atomic E-state index is 11.4. The summed E-state index contributed by atoms with van der Waals surface area (Å²) in [4.78, 5) is 11.4. The molecule has 0 unspecified atom stereocenters. The summed E-state index contributed by atoms with van der Waals surface area (Å²) in [6.45, 7) is 1.05. The largest absolute Gasteiger partial charge is 0.394 e. The van der Waals surface area contributed by atoms with Gasteiger partial charge in [0, 0.05) is 13.6 Å². The predicted octanol–water partition coefficient (Wildman–Crippen LogP) is -2.12. The number of hydrogen-bond acceptors (Lipinski definition) is 6. The van der Waals surface area contributed by atoms with Crippen molar-refractivity contribution in [2.45, 2.75) is 6.42 Å². The van der Waals surface area contributed by atoms with Crippen LogP contribution in [0.2, 0.25) is 0 Å². The Labute approximate surface area is 92.6 Å². The molecule has 1 rings (SSSR count). The lowest BCUT2D eigenvalue weighted by atomic mass is 10.4. The molecule has 0 aliphatic carbocycles. The van der Waals surface area contributed by atoms with Crippen LogP contribution in [0.1, 0.15) is 5.82 Å². The first-order valence-corrected chi connectivity index (χ1v) is 4.90. The highest BCUT2D eigenvalue weighted by atomic mass is 16.5. The molecule has 0 atom stereocenters. The minimum absolute atomic E-state index is 0.0153. The Kier molecular flexibility index (Phi) is 5.37. The van der Waals surface area contributed by atoms with E-state index in [1.807, 2.05) is 0 Å². The second-order valence-electron chi connectivity index (χ2n) is 3.08. The lowest BCUT2D eigenvalue weighted by Crippen LogP contribution is -2.29. The number of aliphatic hydroxyl groups is 1. The fourth-order valence-corrected chi connectivity index (χ4v) is 1.03. The van der Waals surface area contributed by atoms with Gasteiger partial charge in [0.2, 0.25) is 5.91 Å². The topological polar surface area (TPSA) is 102 Å². The van der Waals surface area contributed by atoms with Gasteiger partial charge in [-0.05, 0) is 10.4 Å². The molecule has 0 saturated carbocycles. The first-order valence-electron chi connectivity index (χ1n) is 4.90. The third-order valence-electron chi connectivity index (χ3n) is 1.83. The van der Waals surface area contributed by atoms with Gasteiger partial charge in [0.05, 0.1) is 26.2 Å². The van der Waals surface area contributed by atoms with Crippen LogP contribution < -0.4 is 5.32 Å². The van der Waals surface area contributed by atoms with E-state index in [0.717, 1.165) is 0 Å². The van der Waals surface area contributed by atoms with Crippen LogP contribution in [0.4, 0.5) is 0 Å². The highest BCUT2D eigenvalue weighted by molar-refractivity contribution is 5.77. The third kappa shape index (κ3) is 4.32. The molecule has 0 radical (unpaired) electrons. The van der Waals surface area contributed by atoms with E-state index in [1.54, 1.807) is 7.05 Å². The zero-order chi connectivity index (χ0) is 11.8. The molecule has 8 heteroatoms. The number of nitrogens with zero attached hydrogens (tertiary/aromatic N) is 4. The molecule has 0 bridgehead atoms. The van der Waals surface area contributed by atoms with Gasteiger partial charge < -0.3 is 15.2 Å². The first kappa shape index (κ1) is 12.5. The second kappa shape index (κ2) is 6.85. The number of nitrogens with one attached hydrogen (secondary N) is 1. The molecule has 1 aromatic heterocycles. The molecule has 1 amide bonds. The monoisotopic (exact) mass is 229 g/mol. The van der Waals surface area contributed by atoms with Crippen LogP contribution in [0, 0.1) is 0 Å². The molecule has 90 valence electrons. The minimum atomic E-state index is -0.162. The van der Waals surface area contributed by atoms with Crippen LogP contribution in [0.15, 0.2) is 0 Å². The number of hydrogen-bond donors (Lipinski definition) is 2. The van der Waals surface area contributed by atoms with Gasteiger partial charge in [-0.25, -0.2) is 4.68 Å². The van der Waals surface area contributed by atoms with Crippen LogP contribution in [0.3, 0.4) is 0 Å². The van der Waals surface area contributed by atoms with E-state index in [4.69, 9.17) is 9.84 Å². The molecule has 0 saturated heterocycles. The summed E-state index contributed by atoms with van der Waals surface area (Å²) < 4.78 is 6.43. The zero-order valence-electron chi connectivity index (χ0n) is 9.09. The molecule has 0 aliphatic heterocycles. The van der Waals surface area contributed by atoms with Crippen LogP contribution in [-0.2, 0) is 23.0 Å². The van der Waals surface area contributed by atoms with E-state index in [0.29, 0.717) is 19.0 Å². The molecule has 0 aliphatic rings. The number of carbonyl (C=O) groups excluding carboxylic acids is 1. The van der Waals surface area contributed by atoms with Crippen molar-refractivity contribution in [1.29, 1.82) is 0 Å². The molecule has 16 heavy (non-hydrogen) atoms. The van der Waals surface area contributed by atoms with Crippen molar-refractivity contribution < 1.29 is 14.6 Å². The van der Waals surface area contributed by atoms with Gasteiger partial charge in [-0.2, -0.15) is 0 Å². The molecule has 0 spiro atoms. The van der Waals surface area contributed by atoms with Crippen molar-refractivity contribution in [2.24, 2.45) is 7.05 Å². The van der Waals surface area contributed by atoms with E-state index in [9.17, 15) is 4.79 Å². The average Bonchev–Trinajstić information content (AvgIpc) is 2.64. The minimum Gasteiger partial charge on any atom is -0.394 e. The average molecular weight is 229 g/mol. The Balaban J connectivity index is 2.14. The summed E-state index contributed by atoms with van der Waals surface area (Å²) >= 11 is 0. The molecule has 1 aromatic rings. The van der Waals surface area contributed by atoms with Crippen LogP contribution in [0.25, 0.3) is 0 Å². The van der Waals surface area contributed by atoms with Crippen LogP contribution in [0.5, 0.6) is 0 Å². The Morgan fingerprint density at radius 1 is 1.56 bits per heavy atom. The summed E-state index contributed by atoms with van der Waals surface area (Å²) in [7, 11) is 1.67. The van der Waals surface area contributed by atoms with Crippen molar-refractivity contribution >= 4 is 5.91 Å². The van der Waals surface area contributed by atoms with Gasteiger partial charge in [0.1, 0.15) is 0 Å². The van der Waals surface area contributed by atoms with Crippen molar-refractivity contribution in [1.82, 2.24) is 25.5 Å². The van der Waals surface area contributed by atoms with E-state index < -0.39 is 0 Å². The molecule has 2 N–H and O–H groups in total. The van der Waals surface area contributed by atoms with E-state index >= 15 is 0 Å². The van der Waals surface area contributed by atoms with Gasteiger partial charge in [-0.3, -0.25) is 4.79 Å². The molecule has 0 aromatic carbocycles. The van der Waals surface area contributed by atoms with Crippen molar-refractivity contribution in [2.75, 3.05) is 26.4 Å². The fraction of sp³-hybridized carbons (Fsp3) is 0.750. The van der Waals surface area contributed by atoms with Gasteiger partial charge in [-0.15, -0.1) is 5.10 Å². The molecule has 1 heterocycles. The molecule has 8 nitrogen and oxygen atoms in total. The number of rotatable bonds is 7. The number of amides is 1. The van der Waals surface area contributed by atoms with Gasteiger partial charge in [-0.1, -0.05) is 0 Å². The van der Waals surface area contributed by atoms with Gasteiger partial charge in [0.15, 0.2) is 5.82 Å². The Hall–Kier alpha value is -1.54. The van der Waals surface area contributed by atoms with Crippen molar-refractivity contribution in [3.63, 3.8) is 0 Å². The number of tetrazole rings is 1. The fourth-order valence-electron chi connectivity index (χ4n) is 1.03. The first-order chi connectivity index (χ1) is 7.74.